The van der Waals surface area contributed by atoms with Crippen molar-refractivity contribution in [3.63, 3.8) is 0 Å². The van der Waals surface area contributed by atoms with Crippen LogP contribution in [0.25, 0.3) is 87.6 Å². The molecule has 49 heavy (non-hydrogen) atoms. The van der Waals surface area contributed by atoms with Crippen molar-refractivity contribution in [3.8, 4) is 44.5 Å². The topological polar surface area (TPSA) is 0 Å². The van der Waals surface area contributed by atoms with Crippen molar-refractivity contribution in [2.45, 2.75) is 19.3 Å². The minimum atomic E-state index is -0.585. The van der Waals surface area contributed by atoms with E-state index in [0.717, 1.165) is 54.2 Å². The number of hydrogen-bond donors (Lipinski definition) is 0. The monoisotopic (exact) mass is 630 g/mol. The summed E-state index contributed by atoms with van der Waals surface area (Å²) in [4.78, 5) is 0. The van der Waals surface area contributed by atoms with Gasteiger partial charge in [0.25, 0.3) is 0 Å². The van der Waals surface area contributed by atoms with Gasteiger partial charge < -0.3 is 0 Å². The van der Waals surface area contributed by atoms with Crippen LogP contribution in [0, 0.1) is 0 Å². The van der Waals surface area contributed by atoms with E-state index >= 15 is 0 Å². The van der Waals surface area contributed by atoms with Gasteiger partial charge in [-0.1, -0.05) is 147 Å². The van der Waals surface area contributed by atoms with E-state index in [9.17, 15) is 5.48 Å². The maximum atomic E-state index is 9.22. The molecule has 0 spiro atoms. The summed E-state index contributed by atoms with van der Waals surface area (Å²) in [7, 11) is 0. The molecule has 9 aromatic carbocycles. The first kappa shape index (κ1) is 21.1. The summed E-state index contributed by atoms with van der Waals surface area (Å²) in [5.41, 5.74) is 4.88. The lowest BCUT2D eigenvalue weighted by Crippen LogP contribution is -2.15. The molecule has 0 radical (unpaired) electrons. The highest BCUT2D eigenvalue weighted by atomic mass is 14.4. The maximum absolute atomic E-state index is 9.22. The summed E-state index contributed by atoms with van der Waals surface area (Å²) in [6.07, 6.45) is 0. The molecule has 10 rings (SSSR count). The van der Waals surface area contributed by atoms with Gasteiger partial charge in [-0.05, 0) is 135 Å². The van der Waals surface area contributed by atoms with Gasteiger partial charge in [0.15, 0.2) is 0 Å². The molecule has 0 unspecified atom stereocenters. The summed E-state index contributed by atoms with van der Waals surface area (Å²) in [5, 5.41) is 7.88. The molecule has 9 aromatic rings. The first-order valence-electron chi connectivity index (χ1n) is 20.6. The Kier molecular flexibility index (Phi) is 4.52. The van der Waals surface area contributed by atoms with Gasteiger partial charge in [0.1, 0.15) is 0 Å². The predicted octanol–water partition coefficient (Wildman–Crippen LogP) is 13.6. The molecule has 0 fully saturated rings. The Labute approximate surface area is 298 Å². The van der Waals surface area contributed by atoms with Gasteiger partial charge >= 0.3 is 0 Å². The summed E-state index contributed by atoms with van der Waals surface area (Å²) in [5.74, 6) is 0. The first-order chi connectivity index (χ1) is 27.3. The van der Waals surface area contributed by atoms with Gasteiger partial charge in [-0.25, -0.2) is 0 Å². The predicted molar refractivity (Wildman–Crippen MR) is 210 cm³/mol. The smallest absolute Gasteiger partial charge is 0.0616 e. The van der Waals surface area contributed by atoms with Crippen molar-refractivity contribution in [2.24, 2.45) is 0 Å². The van der Waals surface area contributed by atoms with Crippen LogP contribution in [-0.4, -0.2) is 0 Å². The van der Waals surface area contributed by atoms with E-state index in [1.807, 2.05) is 121 Å². The van der Waals surface area contributed by atoms with E-state index in [1.165, 1.54) is 0 Å². The number of benzene rings is 9. The SMILES string of the molecule is [2H]c1c([2H])c(-c2cc3c4c(ccc5cc(-c6c([2H])c([2H])c(-c7ccc8ccccc8c7)c([2H])c6[2H])cc(c54)C3(C)C)c2)c([2H])c([2H])c1-c1ccc2ccccc2c1. The van der Waals surface area contributed by atoms with E-state index in [-0.39, 0.29) is 70.6 Å². The third-order valence-electron chi connectivity index (χ3n) is 10.3. The third-order valence-corrected chi connectivity index (χ3v) is 10.3. The molecule has 0 atom stereocenters. The van der Waals surface area contributed by atoms with Gasteiger partial charge in [-0.15, -0.1) is 0 Å². The molecule has 0 aliphatic heterocycles. The average Bonchev–Trinajstić information content (AvgIpc) is 3.44. The van der Waals surface area contributed by atoms with E-state index in [0.29, 0.717) is 22.3 Å². The fourth-order valence-electron chi connectivity index (χ4n) is 7.64. The fourth-order valence-corrected chi connectivity index (χ4v) is 7.64. The van der Waals surface area contributed by atoms with Gasteiger partial charge in [-0.2, -0.15) is 0 Å². The minimum Gasteiger partial charge on any atom is -0.0616 e. The largest absolute Gasteiger partial charge is 0.0629 e. The molecule has 0 bridgehead atoms. The Morgan fingerprint density at radius 3 is 1.06 bits per heavy atom. The minimum absolute atomic E-state index is 0.0907. The quantitative estimate of drug-likeness (QED) is 0.170. The second-order valence-electron chi connectivity index (χ2n) is 13.6. The van der Waals surface area contributed by atoms with Crippen LogP contribution < -0.4 is 0 Å². The molecule has 0 N–H and O–H groups in total. The number of fused-ring (bicyclic) bond motifs is 2. The van der Waals surface area contributed by atoms with Crippen LogP contribution in [0.1, 0.15) is 35.9 Å². The van der Waals surface area contributed by atoms with E-state index in [2.05, 4.69) is 13.8 Å². The lowest BCUT2D eigenvalue weighted by molar-refractivity contribution is 0.663. The Balaban J connectivity index is 1.10. The second kappa shape index (κ2) is 10.5. The van der Waals surface area contributed by atoms with E-state index in [1.54, 1.807) is 0 Å². The van der Waals surface area contributed by atoms with Crippen molar-refractivity contribution in [2.75, 3.05) is 0 Å². The Bertz CT molecular complexity index is 2980. The lowest BCUT2D eigenvalue weighted by atomic mass is 9.80. The van der Waals surface area contributed by atoms with Crippen LogP contribution in [0.15, 0.2) is 170 Å². The maximum Gasteiger partial charge on any atom is 0.0629 e. The molecule has 0 heterocycles. The van der Waals surface area contributed by atoms with Gasteiger partial charge in [-0.3, -0.25) is 0 Å². The molecule has 0 amide bonds. The Morgan fingerprint density at radius 1 is 0.327 bits per heavy atom. The van der Waals surface area contributed by atoms with Gasteiger partial charge in [0.05, 0.1) is 11.0 Å². The molecule has 1 aliphatic carbocycles. The zero-order valence-corrected chi connectivity index (χ0v) is 27.0. The molecule has 0 saturated carbocycles. The van der Waals surface area contributed by atoms with Gasteiger partial charge in [0, 0.05) is 5.41 Å². The summed E-state index contributed by atoms with van der Waals surface area (Å²) < 4.78 is 73.3. The van der Waals surface area contributed by atoms with Crippen molar-refractivity contribution in [3.05, 3.63) is 181 Å². The van der Waals surface area contributed by atoms with E-state index in [4.69, 9.17) is 5.48 Å². The molecule has 0 heteroatoms. The summed E-state index contributed by atoms with van der Waals surface area (Å²) >= 11 is 0. The van der Waals surface area contributed by atoms with Crippen LogP contribution in [0.4, 0.5) is 0 Å². The average molecular weight is 631 g/mol. The molecular formula is C49H34. The molecule has 230 valence electrons. The van der Waals surface area contributed by atoms with Crippen LogP contribution in [-0.2, 0) is 5.41 Å². The van der Waals surface area contributed by atoms with Crippen molar-refractivity contribution in [1.82, 2.24) is 0 Å². The normalized spacial score (nSPS) is 15.6. The van der Waals surface area contributed by atoms with Crippen LogP contribution in [0.3, 0.4) is 0 Å². The van der Waals surface area contributed by atoms with Crippen molar-refractivity contribution < 1.29 is 11.0 Å². The first-order valence-corrected chi connectivity index (χ1v) is 16.6. The number of hydrogen-bond acceptors (Lipinski definition) is 0. The molecule has 0 saturated heterocycles. The van der Waals surface area contributed by atoms with Gasteiger partial charge in [0.2, 0.25) is 0 Å². The second-order valence-corrected chi connectivity index (χ2v) is 13.6. The summed E-state index contributed by atoms with van der Waals surface area (Å²) in [6.45, 7) is 4.22. The van der Waals surface area contributed by atoms with Crippen LogP contribution in [0.5, 0.6) is 0 Å². The molecular weight excluding hydrogens is 589 g/mol. The zero-order valence-electron chi connectivity index (χ0n) is 35.0. The molecule has 1 aliphatic rings. The summed E-state index contributed by atoms with van der Waals surface area (Å²) in [6, 6.07) is 38.3. The van der Waals surface area contributed by atoms with Crippen LogP contribution in [0.2, 0.25) is 0 Å². The van der Waals surface area contributed by atoms with E-state index < -0.39 is 5.41 Å². The lowest BCUT2D eigenvalue weighted by Gasteiger charge is -2.23. The molecule has 0 aromatic heterocycles. The fraction of sp³-hybridized carbons (Fsp3) is 0.0612. The van der Waals surface area contributed by atoms with Crippen molar-refractivity contribution >= 4 is 43.1 Å². The zero-order chi connectivity index (χ0) is 39.7. The Morgan fingerprint density at radius 2 is 0.653 bits per heavy atom. The highest BCUT2D eigenvalue weighted by Crippen LogP contribution is 2.51. The molecule has 0 nitrogen and oxygen atoms in total. The Hall–Kier alpha value is -5.98. The number of rotatable bonds is 4. The highest BCUT2D eigenvalue weighted by Gasteiger charge is 2.35. The third kappa shape index (κ3) is 4.45. The van der Waals surface area contributed by atoms with Crippen molar-refractivity contribution in [1.29, 1.82) is 0 Å². The van der Waals surface area contributed by atoms with Crippen LogP contribution >= 0.6 is 0 Å². The highest BCUT2D eigenvalue weighted by molar-refractivity contribution is 6.16. The standard InChI is InChI=1S/C49H34/c1-49(2)45-29-43(35-15-11-33(12-16-35)39-21-19-31-7-3-5-9-37(31)25-39)27-41-23-24-42-28-44(30-46(49)48(42)47(41)45)36-17-13-34(14-18-36)40-22-20-32-8-4-6-10-38(32)26-40/h3-30H,1-2H3/i11D,12D,13D,14D,15D,16D,17D,18D.